The Morgan fingerprint density at radius 3 is 2.79 bits per heavy atom. The van der Waals surface area contributed by atoms with E-state index < -0.39 is 0 Å². The van der Waals surface area contributed by atoms with Crippen LogP contribution in [-0.2, 0) is 6.42 Å². The Morgan fingerprint density at radius 2 is 2.29 bits per heavy atom. The highest BCUT2D eigenvalue weighted by Gasteiger charge is 2.12. The fraction of sp³-hybridized carbons (Fsp3) is 0.700. The lowest BCUT2D eigenvalue weighted by atomic mass is 10.2. The van der Waals surface area contributed by atoms with E-state index in [2.05, 4.69) is 25.1 Å². The summed E-state index contributed by atoms with van der Waals surface area (Å²) in [6, 6.07) is 0.131. The van der Waals surface area contributed by atoms with Gasteiger partial charge in [-0.15, -0.1) is 11.3 Å². The van der Waals surface area contributed by atoms with Crippen LogP contribution in [0.4, 0.5) is 0 Å². The van der Waals surface area contributed by atoms with Crippen molar-refractivity contribution in [2.75, 3.05) is 12.0 Å². The second-order valence-electron chi connectivity index (χ2n) is 3.30. The Balaban J connectivity index is 2.65. The van der Waals surface area contributed by atoms with Crippen LogP contribution in [0.15, 0.2) is 0 Å². The Kier molecular flexibility index (Phi) is 4.92. The highest BCUT2D eigenvalue weighted by molar-refractivity contribution is 7.98. The van der Waals surface area contributed by atoms with Crippen LogP contribution in [0.2, 0.25) is 0 Å². The third kappa shape index (κ3) is 2.97. The van der Waals surface area contributed by atoms with Crippen molar-refractivity contribution >= 4 is 23.1 Å². The lowest BCUT2D eigenvalue weighted by molar-refractivity contribution is 0.696. The largest absolute Gasteiger partial charge is 0.322 e. The molecule has 0 fully saturated rings. The summed E-state index contributed by atoms with van der Waals surface area (Å²) in [5.74, 6) is 1.11. The highest BCUT2D eigenvalue weighted by atomic mass is 32.2. The van der Waals surface area contributed by atoms with Crippen LogP contribution in [0.3, 0.4) is 0 Å². The van der Waals surface area contributed by atoms with E-state index in [9.17, 15) is 0 Å². The second kappa shape index (κ2) is 5.73. The second-order valence-corrected chi connectivity index (χ2v) is 5.52. The third-order valence-corrected chi connectivity index (χ3v) is 3.98. The summed E-state index contributed by atoms with van der Waals surface area (Å²) in [5, 5.41) is 1.11. The minimum atomic E-state index is 0.131. The zero-order valence-corrected chi connectivity index (χ0v) is 10.7. The summed E-state index contributed by atoms with van der Waals surface area (Å²) in [4.78, 5) is 5.89. The minimum Gasteiger partial charge on any atom is -0.322 e. The Bertz CT molecular complexity index is 284. The number of nitrogens with two attached hydrogens (primary N) is 1. The fourth-order valence-corrected chi connectivity index (χ4v) is 2.84. The van der Waals surface area contributed by atoms with Gasteiger partial charge in [-0.05, 0) is 31.8 Å². The van der Waals surface area contributed by atoms with Crippen LogP contribution in [0.25, 0.3) is 0 Å². The molecule has 1 aromatic heterocycles. The topological polar surface area (TPSA) is 38.9 Å². The molecule has 0 saturated heterocycles. The molecule has 2 N–H and O–H groups in total. The predicted molar refractivity (Wildman–Crippen MR) is 66.2 cm³/mol. The van der Waals surface area contributed by atoms with Crippen molar-refractivity contribution < 1.29 is 0 Å². The highest BCUT2D eigenvalue weighted by Crippen LogP contribution is 2.24. The van der Waals surface area contributed by atoms with E-state index >= 15 is 0 Å². The van der Waals surface area contributed by atoms with Crippen LogP contribution in [0.5, 0.6) is 0 Å². The molecular weight excluding hydrogens is 212 g/mol. The summed E-state index contributed by atoms with van der Waals surface area (Å²) < 4.78 is 0. The first-order chi connectivity index (χ1) is 6.69. The van der Waals surface area contributed by atoms with Gasteiger partial charge in [0.2, 0.25) is 0 Å². The van der Waals surface area contributed by atoms with Gasteiger partial charge in [0, 0.05) is 4.88 Å². The van der Waals surface area contributed by atoms with E-state index in [1.54, 1.807) is 11.3 Å². The van der Waals surface area contributed by atoms with Crippen LogP contribution < -0.4 is 5.73 Å². The normalized spacial score (nSPS) is 13.1. The molecule has 1 heterocycles. The predicted octanol–water partition coefficient (Wildman–Crippen LogP) is 2.77. The van der Waals surface area contributed by atoms with Gasteiger partial charge in [-0.3, -0.25) is 0 Å². The number of hydrogen-bond acceptors (Lipinski definition) is 4. The average Bonchev–Trinajstić information content (AvgIpc) is 2.56. The van der Waals surface area contributed by atoms with E-state index in [1.807, 2.05) is 11.8 Å². The van der Waals surface area contributed by atoms with Crippen molar-refractivity contribution in [2.24, 2.45) is 5.73 Å². The maximum atomic E-state index is 6.05. The molecule has 2 nitrogen and oxygen atoms in total. The molecule has 14 heavy (non-hydrogen) atoms. The molecule has 1 aromatic rings. The zero-order chi connectivity index (χ0) is 10.6. The summed E-state index contributed by atoms with van der Waals surface area (Å²) >= 11 is 3.59. The van der Waals surface area contributed by atoms with Crippen molar-refractivity contribution in [1.82, 2.24) is 4.98 Å². The van der Waals surface area contributed by atoms with E-state index in [-0.39, 0.29) is 6.04 Å². The number of aryl methyl sites for hydroxylation is 2. The third-order valence-electron chi connectivity index (χ3n) is 2.19. The maximum absolute atomic E-state index is 6.05. The molecule has 0 aliphatic rings. The maximum Gasteiger partial charge on any atom is 0.110 e. The van der Waals surface area contributed by atoms with Crippen molar-refractivity contribution in [2.45, 2.75) is 32.7 Å². The molecule has 0 radical (unpaired) electrons. The van der Waals surface area contributed by atoms with Gasteiger partial charge in [-0.1, -0.05) is 6.92 Å². The molecule has 0 saturated carbocycles. The Hall–Kier alpha value is -0.0600. The van der Waals surface area contributed by atoms with Crippen LogP contribution in [0.1, 0.15) is 35.0 Å². The van der Waals surface area contributed by atoms with Gasteiger partial charge in [0.05, 0.1) is 11.7 Å². The lowest BCUT2D eigenvalue weighted by Gasteiger charge is -2.05. The average molecular weight is 230 g/mol. The van der Waals surface area contributed by atoms with Gasteiger partial charge in [0.25, 0.3) is 0 Å². The SMILES string of the molecule is CCc1nc(C(N)CCSC)sc1C. The molecule has 0 amide bonds. The fourth-order valence-electron chi connectivity index (χ4n) is 1.31. The quantitative estimate of drug-likeness (QED) is 0.845. The van der Waals surface area contributed by atoms with Gasteiger partial charge in [0.1, 0.15) is 5.01 Å². The summed E-state index contributed by atoms with van der Waals surface area (Å²) in [5.41, 5.74) is 7.27. The number of rotatable bonds is 5. The standard InChI is InChI=1S/C10H18N2S2/c1-4-9-7(2)14-10(12-9)8(11)5-6-13-3/h8H,4-6,11H2,1-3H3. The number of hydrogen-bond donors (Lipinski definition) is 1. The molecule has 0 aromatic carbocycles. The molecule has 0 aliphatic heterocycles. The molecule has 0 spiro atoms. The summed E-state index contributed by atoms with van der Waals surface area (Å²) in [6.07, 6.45) is 4.14. The number of thiazole rings is 1. The van der Waals surface area contributed by atoms with Crippen molar-refractivity contribution in [3.05, 3.63) is 15.6 Å². The van der Waals surface area contributed by atoms with E-state index in [4.69, 9.17) is 5.73 Å². The van der Waals surface area contributed by atoms with E-state index in [0.29, 0.717) is 0 Å². The van der Waals surface area contributed by atoms with Crippen LogP contribution >= 0.6 is 23.1 Å². The zero-order valence-electron chi connectivity index (χ0n) is 9.04. The Morgan fingerprint density at radius 1 is 1.57 bits per heavy atom. The molecule has 80 valence electrons. The summed E-state index contributed by atoms with van der Waals surface area (Å²) in [7, 11) is 0. The molecule has 1 rings (SSSR count). The Labute approximate surface area is 94.3 Å². The van der Waals surface area contributed by atoms with Crippen LogP contribution in [-0.4, -0.2) is 17.0 Å². The molecule has 0 bridgehead atoms. The van der Waals surface area contributed by atoms with Crippen LogP contribution in [0, 0.1) is 6.92 Å². The minimum absolute atomic E-state index is 0.131. The smallest absolute Gasteiger partial charge is 0.110 e. The first kappa shape index (κ1) is 12.0. The number of thioether (sulfide) groups is 1. The van der Waals surface area contributed by atoms with Gasteiger partial charge >= 0.3 is 0 Å². The first-order valence-corrected chi connectivity index (χ1v) is 7.10. The monoisotopic (exact) mass is 230 g/mol. The van der Waals surface area contributed by atoms with Crippen molar-refractivity contribution in [1.29, 1.82) is 0 Å². The molecule has 1 atom stereocenters. The van der Waals surface area contributed by atoms with Crippen molar-refractivity contribution in [3.8, 4) is 0 Å². The van der Waals surface area contributed by atoms with Gasteiger partial charge in [-0.2, -0.15) is 11.8 Å². The lowest BCUT2D eigenvalue weighted by Crippen LogP contribution is -2.10. The number of aromatic nitrogens is 1. The van der Waals surface area contributed by atoms with E-state index in [0.717, 1.165) is 23.6 Å². The first-order valence-electron chi connectivity index (χ1n) is 4.89. The molecular formula is C10H18N2S2. The number of nitrogens with zero attached hydrogens (tertiary/aromatic N) is 1. The van der Waals surface area contributed by atoms with E-state index in [1.165, 1.54) is 10.6 Å². The molecule has 4 heteroatoms. The van der Waals surface area contributed by atoms with Gasteiger partial charge < -0.3 is 5.73 Å². The van der Waals surface area contributed by atoms with Crippen molar-refractivity contribution in [3.63, 3.8) is 0 Å². The molecule has 1 unspecified atom stereocenters. The van der Waals surface area contributed by atoms with Gasteiger partial charge in [0.15, 0.2) is 0 Å². The molecule has 0 aliphatic carbocycles. The summed E-state index contributed by atoms with van der Waals surface area (Å²) in [6.45, 7) is 4.26. The van der Waals surface area contributed by atoms with Gasteiger partial charge in [-0.25, -0.2) is 4.98 Å².